The summed E-state index contributed by atoms with van der Waals surface area (Å²) in [6.45, 7) is 0.324. The summed E-state index contributed by atoms with van der Waals surface area (Å²) in [6.07, 6.45) is 1.66. The Labute approximate surface area is 126 Å². The summed E-state index contributed by atoms with van der Waals surface area (Å²) >= 11 is 8.57. The van der Waals surface area contributed by atoms with E-state index in [2.05, 4.69) is 25.9 Å². The molecule has 1 aromatic carbocycles. The predicted molar refractivity (Wildman–Crippen MR) is 78.1 cm³/mol. The van der Waals surface area contributed by atoms with Crippen LogP contribution in [0.15, 0.2) is 34.9 Å². The van der Waals surface area contributed by atoms with Crippen LogP contribution in [0.2, 0.25) is 0 Å². The summed E-state index contributed by atoms with van der Waals surface area (Å²) in [4.78, 5) is 7.32. The largest absolute Gasteiger partial charge is 0.329 e. The van der Waals surface area contributed by atoms with Gasteiger partial charge in [-0.15, -0.1) is 0 Å². The van der Waals surface area contributed by atoms with Crippen molar-refractivity contribution in [3.05, 3.63) is 56.9 Å². The Kier molecular flexibility index (Phi) is 3.39. The highest BCUT2D eigenvalue weighted by Gasteiger charge is 2.09. The molecular formula is C13H8BrF2N3S. The summed E-state index contributed by atoms with van der Waals surface area (Å²) in [5, 5.41) is 0. The van der Waals surface area contributed by atoms with E-state index < -0.39 is 11.6 Å². The van der Waals surface area contributed by atoms with Gasteiger partial charge in [-0.3, -0.25) is 4.57 Å². The summed E-state index contributed by atoms with van der Waals surface area (Å²) in [6, 6.07) is 5.65. The molecule has 0 atom stereocenters. The van der Waals surface area contributed by atoms with Gasteiger partial charge in [0.1, 0.15) is 0 Å². The molecular weight excluding hydrogens is 348 g/mol. The quantitative estimate of drug-likeness (QED) is 0.699. The first-order valence-electron chi connectivity index (χ1n) is 5.72. The fourth-order valence-corrected chi connectivity index (χ4v) is 2.58. The van der Waals surface area contributed by atoms with Crippen LogP contribution in [0.3, 0.4) is 0 Å². The van der Waals surface area contributed by atoms with Gasteiger partial charge in [-0.2, -0.15) is 0 Å². The minimum Gasteiger partial charge on any atom is -0.329 e. The molecule has 0 amide bonds. The van der Waals surface area contributed by atoms with Crippen LogP contribution in [0.5, 0.6) is 0 Å². The predicted octanol–water partition coefficient (Wildman–Crippen LogP) is 4.18. The number of hydrogen-bond donors (Lipinski definition) is 1. The second-order valence-electron chi connectivity index (χ2n) is 4.29. The van der Waals surface area contributed by atoms with Crippen LogP contribution in [-0.4, -0.2) is 14.5 Å². The lowest BCUT2D eigenvalue weighted by Gasteiger charge is -2.05. The molecule has 2 aromatic heterocycles. The standard InChI is InChI=1S/C13H8BrF2N3S/c14-8-4-11-12(17-5-8)19(13(20)18-11)6-7-1-2-9(15)10(16)3-7/h1-5H,6H2,(H,18,20). The molecule has 0 saturated heterocycles. The van der Waals surface area contributed by atoms with Crippen molar-refractivity contribution >= 4 is 39.3 Å². The number of hydrogen-bond acceptors (Lipinski definition) is 2. The number of H-pyrrole nitrogens is 1. The second kappa shape index (κ2) is 5.06. The fourth-order valence-electron chi connectivity index (χ4n) is 1.99. The Hall–Kier alpha value is -1.60. The van der Waals surface area contributed by atoms with Gasteiger partial charge in [0.05, 0.1) is 12.1 Å². The lowest BCUT2D eigenvalue weighted by molar-refractivity contribution is 0.506. The molecule has 0 fully saturated rings. The van der Waals surface area contributed by atoms with Gasteiger partial charge in [0.15, 0.2) is 22.1 Å². The zero-order chi connectivity index (χ0) is 14.3. The van der Waals surface area contributed by atoms with Gasteiger partial charge >= 0.3 is 0 Å². The number of imidazole rings is 1. The third-order valence-corrected chi connectivity index (χ3v) is 3.66. The van der Waals surface area contributed by atoms with Crippen molar-refractivity contribution in [2.24, 2.45) is 0 Å². The highest BCUT2D eigenvalue weighted by Crippen LogP contribution is 2.18. The average molecular weight is 356 g/mol. The van der Waals surface area contributed by atoms with Gasteiger partial charge in [0, 0.05) is 10.7 Å². The van der Waals surface area contributed by atoms with Gasteiger partial charge < -0.3 is 4.98 Å². The van der Waals surface area contributed by atoms with Crippen LogP contribution >= 0.6 is 28.1 Å². The number of rotatable bonds is 2. The first-order chi connectivity index (χ1) is 9.54. The lowest BCUT2D eigenvalue weighted by atomic mass is 10.2. The van der Waals surface area contributed by atoms with Gasteiger partial charge in [0.25, 0.3) is 0 Å². The Morgan fingerprint density at radius 1 is 1.25 bits per heavy atom. The molecule has 7 heteroatoms. The topological polar surface area (TPSA) is 33.6 Å². The number of aromatic amines is 1. The molecule has 1 N–H and O–H groups in total. The van der Waals surface area contributed by atoms with Gasteiger partial charge in [-0.25, -0.2) is 13.8 Å². The molecule has 0 spiro atoms. The molecule has 0 bridgehead atoms. The normalized spacial score (nSPS) is 11.2. The van der Waals surface area contributed by atoms with E-state index in [4.69, 9.17) is 12.2 Å². The Balaban J connectivity index is 2.08. The SMILES string of the molecule is Fc1ccc(Cn2c(=S)[nH]c3cc(Br)cnc32)cc1F. The van der Waals surface area contributed by atoms with E-state index >= 15 is 0 Å². The fraction of sp³-hybridized carbons (Fsp3) is 0.0769. The van der Waals surface area contributed by atoms with Crippen molar-refractivity contribution in [2.75, 3.05) is 0 Å². The molecule has 0 aliphatic heterocycles. The van der Waals surface area contributed by atoms with Crippen molar-refractivity contribution in [1.82, 2.24) is 14.5 Å². The highest BCUT2D eigenvalue weighted by atomic mass is 79.9. The first-order valence-corrected chi connectivity index (χ1v) is 6.93. The van der Waals surface area contributed by atoms with Crippen LogP contribution in [-0.2, 0) is 6.54 Å². The van der Waals surface area contributed by atoms with Crippen molar-refractivity contribution in [3.63, 3.8) is 0 Å². The molecule has 0 saturated carbocycles. The zero-order valence-corrected chi connectivity index (χ0v) is 12.4. The summed E-state index contributed by atoms with van der Waals surface area (Å²) in [7, 11) is 0. The number of fused-ring (bicyclic) bond motifs is 1. The van der Waals surface area contributed by atoms with Crippen LogP contribution in [0.25, 0.3) is 11.2 Å². The number of aromatic nitrogens is 3. The molecule has 3 nitrogen and oxygen atoms in total. The summed E-state index contributed by atoms with van der Waals surface area (Å²) in [5.41, 5.74) is 2.07. The molecule has 20 heavy (non-hydrogen) atoms. The third-order valence-electron chi connectivity index (χ3n) is 2.90. The molecule has 3 rings (SSSR count). The van der Waals surface area contributed by atoms with Crippen molar-refractivity contribution in [2.45, 2.75) is 6.54 Å². The van der Waals surface area contributed by atoms with Crippen molar-refractivity contribution < 1.29 is 8.78 Å². The molecule has 0 radical (unpaired) electrons. The van der Waals surface area contributed by atoms with E-state index in [1.165, 1.54) is 6.07 Å². The summed E-state index contributed by atoms with van der Waals surface area (Å²) in [5.74, 6) is -1.73. The number of halogens is 3. The Morgan fingerprint density at radius 3 is 2.80 bits per heavy atom. The maximum absolute atomic E-state index is 13.2. The first kappa shape index (κ1) is 13.4. The highest BCUT2D eigenvalue weighted by molar-refractivity contribution is 9.10. The summed E-state index contributed by atoms with van der Waals surface area (Å²) < 4.78 is 29.2. The van der Waals surface area contributed by atoms with Crippen LogP contribution in [0.4, 0.5) is 8.78 Å². The van der Waals surface area contributed by atoms with Gasteiger partial charge in [0.2, 0.25) is 0 Å². The third kappa shape index (κ3) is 2.38. The van der Waals surface area contributed by atoms with Gasteiger partial charge in [-0.05, 0) is 51.9 Å². The monoisotopic (exact) mass is 355 g/mol. The number of pyridine rings is 1. The number of nitrogens with one attached hydrogen (secondary N) is 1. The maximum Gasteiger partial charge on any atom is 0.179 e. The van der Waals surface area contributed by atoms with Crippen LogP contribution < -0.4 is 0 Å². The van der Waals surface area contributed by atoms with Crippen molar-refractivity contribution in [1.29, 1.82) is 0 Å². The smallest absolute Gasteiger partial charge is 0.179 e. The van der Waals surface area contributed by atoms with E-state index in [9.17, 15) is 8.78 Å². The number of nitrogens with zero attached hydrogens (tertiary/aromatic N) is 2. The molecule has 0 aliphatic rings. The molecule has 0 aliphatic carbocycles. The molecule has 0 unspecified atom stereocenters. The number of benzene rings is 1. The average Bonchev–Trinajstić information content (AvgIpc) is 2.69. The van der Waals surface area contributed by atoms with Gasteiger partial charge in [-0.1, -0.05) is 6.07 Å². The van der Waals surface area contributed by atoms with E-state index in [1.54, 1.807) is 10.8 Å². The maximum atomic E-state index is 13.2. The van der Waals surface area contributed by atoms with Crippen molar-refractivity contribution in [3.8, 4) is 0 Å². The zero-order valence-electron chi connectivity index (χ0n) is 10.0. The van der Waals surface area contributed by atoms with Crippen LogP contribution in [0, 0.1) is 16.4 Å². The molecule has 3 aromatic rings. The molecule has 2 heterocycles. The minimum atomic E-state index is -0.871. The second-order valence-corrected chi connectivity index (χ2v) is 5.59. The lowest BCUT2D eigenvalue weighted by Crippen LogP contribution is -2.01. The van der Waals surface area contributed by atoms with E-state index in [0.29, 0.717) is 22.5 Å². The minimum absolute atomic E-state index is 0.324. The Morgan fingerprint density at radius 2 is 2.05 bits per heavy atom. The van der Waals surface area contributed by atoms with E-state index in [-0.39, 0.29) is 0 Å². The molecule has 102 valence electrons. The van der Waals surface area contributed by atoms with E-state index in [1.807, 2.05) is 6.07 Å². The Bertz CT molecular complexity index is 856. The van der Waals surface area contributed by atoms with Crippen LogP contribution in [0.1, 0.15) is 5.56 Å². The van der Waals surface area contributed by atoms with E-state index in [0.717, 1.165) is 22.1 Å².